The number of methoxy groups -OCH3 is 1. The molecule has 0 bridgehead atoms. The molecule has 0 radical (unpaired) electrons. The van der Waals surface area contributed by atoms with E-state index in [1.807, 2.05) is 0 Å². The number of piperidine rings is 1. The summed E-state index contributed by atoms with van der Waals surface area (Å²) in [6.07, 6.45) is 6.27. The number of ether oxygens (including phenoxy) is 2. The molecule has 126 valence electrons. The van der Waals surface area contributed by atoms with E-state index in [0.29, 0.717) is 6.04 Å². The molecule has 1 N–H and O–H groups in total. The molecule has 2 aliphatic heterocycles. The molecule has 4 nitrogen and oxygen atoms in total. The predicted molar refractivity (Wildman–Crippen MR) is 90.8 cm³/mol. The van der Waals surface area contributed by atoms with Gasteiger partial charge in [-0.15, -0.1) is 0 Å². The van der Waals surface area contributed by atoms with Gasteiger partial charge in [0.25, 0.3) is 0 Å². The van der Waals surface area contributed by atoms with Gasteiger partial charge in [-0.25, -0.2) is 0 Å². The van der Waals surface area contributed by atoms with E-state index in [9.17, 15) is 0 Å². The van der Waals surface area contributed by atoms with Gasteiger partial charge in [0.1, 0.15) is 5.75 Å². The molecule has 0 amide bonds. The predicted octanol–water partition coefficient (Wildman–Crippen LogP) is 2.57. The van der Waals surface area contributed by atoms with Gasteiger partial charge in [0.05, 0.1) is 19.3 Å². The molecule has 4 heteroatoms. The fourth-order valence-electron chi connectivity index (χ4n) is 3.99. The van der Waals surface area contributed by atoms with Crippen LogP contribution >= 0.6 is 0 Å². The van der Waals surface area contributed by atoms with Gasteiger partial charge in [-0.1, -0.05) is 12.1 Å². The molecule has 0 aromatic heterocycles. The van der Waals surface area contributed by atoms with Crippen molar-refractivity contribution in [3.05, 3.63) is 29.8 Å². The third-order valence-corrected chi connectivity index (χ3v) is 5.59. The molecule has 3 fully saturated rings. The quantitative estimate of drug-likeness (QED) is 0.905. The van der Waals surface area contributed by atoms with E-state index in [-0.39, 0.29) is 5.60 Å². The van der Waals surface area contributed by atoms with Crippen molar-refractivity contribution in [2.75, 3.05) is 26.8 Å². The zero-order valence-electron chi connectivity index (χ0n) is 14.1. The lowest BCUT2D eigenvalue weighted by molar-refractivity contribution is -0.0449. The number of hydrogen-bond acceptors (Lipinski definition) is 4. The van der Waals surface area contributed by atoms with E-state index in [1.165, 1.54) is 37.7 Å². The zero-order valence-corrected chi connectivity index (χ0v) is 14.1. The van der Waals surface area contributed by atoms with Crippen LogP contribution in [0.4, 0.5) is 0 Å². The Morgan fingerprint density at radius 3 is 2.57 bits per heavy atom. The first-order valence-electron chi connectivity index (χ1n) is 9.00. The summed E-state index contributed by atoms with van der Waals surface area (Å²) < 4.78 is 11.5. The van der Waals surface area contributed by atoms with E-state index in [1.54, 1.807) is 7.11 Å². The zero-order chi connectivity index (χ0) is 15.7. The summed E-state index contributed by atoms with van der Waals surface area (Å²) in [5.74, 6) is 0.930. The lowest BCUT2D eigenvalue weighted by Gasteiger charge is -2.38. The Balaban J connectivity index is 1.27. The molecule has 1 unspecified atom stereocenters. The van der Waals surface area contributed by atoms with E-state index in [4.69, 9.17) is 9.47 Å². The van der Waals surface area contributed by atoms with Crippen LogP contribution in [-0.4, -0.2) is 49.4 Å². The number of hydrogen-bond donors (Lipinski definition) is 1. The van der Waals surface area contributed by atoms with Gasteiger partial charge >= 0.3 is 0 Å². The second kappa shape index (κ2) is 6.42. The second-order valence-electron chi connectivity index (χ2n) is 7.46. The summed E-state index contributed by atoms with van der Waals surface area (Å²) in [5, 5.41) is 3.74. The van der Waals surface area contributed by atoms with Crippen molar-refractivity contribution < 1.29 is 9.47 Å². The van der Waals surface area contributed by atoms with Crippen molar-refractivity contribution in [1.82, 2.24) is 10.2 Å². The standard InChI is InChI=1S/C19H28N2O2/c1-22-18-6-2-15(3-7-18)13-21-10-8-19(9-11-21)12-17(14-23-19)20-16-4-5-16/h2-3,6-7,16-17,20H,4-5,8-14H2,1H3. The van der Waals surface area contributed by atoms with Gasteiger partial charge in [-0.2, -0.15) is 0 Å². The average Bonchev–Trinajstić information content (AvgIpc) is 3.31. The van der Waals surface area contributed by atoms with E-state index in [0.717, 1.165) is 38.0 Å². The lowest BCUT2D eigenvalue weighted by atomic mass is 9.87. The van der Waals surface area contributed by atoms with Gasteiger partial charge in [0, 0.05) is 31.7 Å². The average molecular weight is 316 g/mol. The smallest absolute Gasteiger partial charge is 0.118 e. The number of likely N-dealkylation sites (tertiary alicyclic amines) is 1. The Hall–Kier alpha value is -1.10. The summed E-state index contributed by atoms with van der Waals surface area (Å²) in [6, 6.07) is 9.82. The van der Waals surface area contributed by atoms with E-state index >= 15 is 0 Å². The van der Waals surface area contributed by atoms with Crippen molar-refractivity contribution in [1.29, 1.82) is 0 Å². The molecular formula is C19H28N2O2. The van der Waals surface area contributed by atoms with Crippen LogP contribution in [0.2, 0.25) is 0 Å². The molecule has 3 aliphatic rings. The summed E-state index contributed by atoms with van der Waals surface area (Å²) in [6.45, 7) is 4.23. The Morgan fingerprint density at radius 1 is 1.17 bits per heavy atom. The van der Waals surface area contributed by atoms with Crippen LogP contribution in [0.1, 0.15) is 37.7 Å². The van der Waals surface area contributed by atoms with Crippen LogP contribution < -0.4 is 10.1 Å². The highest BCUT2D eigenvalue weighted by Crippen LogP contribution is 2.37. The number of nitrogens with one attached hydrogen (secondary N) is 1. The van der Waals surface area contributed by atoms with Crippen molar-refractivity contribution in [2.45, 2.75) is 56.3 Å². The highest BCUT2D eigenvalue weighted by Gasteiger charge is 2.43. The Labute approximate surface area is 139 Å². The summed E-state index contributed by atoms with van der Waals surface area (Å²) in [5.41, 5.74) is 1.52. The van der Waals surface area contributed by atoms with Crippen LogP contribution in [0, 0.1) is 0 Å². The molecule has 1 aromatic rings. The maximum Gasteiger partial charge on any atom is 0.118 e. The van der Waals surface area contributed by atoms with Gasteiger partial charge in [0.2, 0.25) is 0 Å². The molecule has 1 saturated carbocycles. The molecule has 4 rings (SSSR count). The number of nitrogens with zero attached hydrogens (tertiary/aromatic N) is 1. The number of benzene rings is 1. The summed E-state index contributed by atoms with van der Waals surface area (Å²) >= 11 is 0. The van der Waals surface area contributed by atoms with Crippen LogP contribution in [-0.2, 0) is 11.3 Å². The fourth-order valence-corrected chi connectivity index (χ4v) is 3.99. The van der Waals surface area contributed by atoms with Crippen LogP contribution in [0.25, 0.3) is 0 Å². The topological polar surface area (TPSA) is 33.7 Å². The van der Waals surface area contributed by atoms with Crippen molar-refractivity contribution in [3.63, 3.8) is 0 Å². The Morgan fingerprint density at radius 2 is 1.91 bits per heavy atom. The second-order valence-corrected chi connectivity index (χ2v) is 7.46. The molecule has 2 heterocycles. The van der Waals surface area contributed by atoms with Gasteiger partial charge < -0.3 is 14.8 Å². The minimum absolute atomic E-state index is 0.156. The first-order valence-corrected chi connectivity index (χ1v) is 9.00. The maximum atomic E-state index is 6.25. The van der Waals surface area contributed by atoms with Crippen molar-refractivity contribution in [3.8, 4) is 5.75 Å². The van der Waals surface area contributed by atoms with Gasteiger partial charge in [0.15, 0.2) is 0 Å². The Kier molecular flexibility index (Phi) is 4.31. The highest BCUT2D eigenvalue weighted by molar-refractivity contribution is 5.27. The number of rotatable bonds is 5. The van der Waals surface area contributed by atoms with Crippen molar-refractivity contribution in [2.24, 2.45) is 0 Å². The molecule has 1 spiro atoms. The van der Waals surface area contributed by atoms with Crippen LogP contribution in [0.3, 0.4) is 0 Å². The summed E-state index contributed by atoms with van der Waals surface area (Å²) in [4.78, 5) is 2.55. The monoisotopic (exact) mass is 316 g/mol. The van der Waals surface area contributed by atoms with E-state index in [2.05, 4.69) is 34.5 Å². The molecule has 1 aromatic carbocycles. The first kappa shape index (κ1) is 15.4. The maximum absolute atomic E-state index is 6.25. The molecule has 1 atom stereocenters. The third kappa shape index (κ3) is 3.70. The van der Waals surface area contributed by atoms with Gasteiger partial charge in [-0.05, 0) is 49.8 Å². The normalized spacial score (nSPS) is 27.4. The summed E-state index contributed by atoms with van der Waals surface area (Å²) in [7, 11) is 1.71. The molecule has 2 saturated heterocycles. The largest absolute Gasteiger partial charge is 0.497 e. The van der Waals surface area contributed by atoms with Crippen molar-refractivity contribution >= 4 is 0 Å². The molecule has 23 heavy (non-hydrogen) atoms. The lowest BCUT2D eigenvalue weighted by Crippen LogP contribution is -2.44. The molecular weight excluding hydrogens is 288 g/mol. The Bertz CT molecular complexity index is 519. The fraction of sp³-hybridized carbons (Fsp3) is 0.684. The third-order valence-electron chi connectivity index (χ3n) is 5.59. The van der Waals surface area contributed by atoms with E-state index < -0.39 is 0 Å². The van der Waals surface area contributed by atoms with Gasteiger partial charge in [-0.3, -0.25) is 4.90 Å². The minimum atomic E-state index is 0.156. The van der Waals surface area contributed by atoms with Crippen LogP contribution in [0.15, 0.2) is 24.3 Å². The SMILES string of the molecule is COc1ccc(CN2CCC3(CC2)CC(NC2CC2)CO3)cc1. The first-order chi connectivity index (χ1) is 11.2. The minimum Gasteiger partial charge on any atom is -0.497 e. The highest BCUT2D eigenvalue weighted by atomic mass is 16.5. The van der Waals surface area contributed by atoms with Crippen LogP contribution in [0.5, 0.6) is 5.75 Å². The molecule has 1 aliphatic carbocycles.